The number of likely N-dealkylation sites (tertiary alicyclic amines) is 1. The van der Waals surface area contributed by atoms with Gasteiger partial charge in [-0.15, -0.1) is 0 Å². The molecule has 8 N–H and O–H groups in total. The Kier molecular flexibility index (Phi) is 24.1. The molecule has 1 aliphatic heterocycles. The van der Waals surface area contributed by atoms with E-state index in [-0.39, 0.29) is 37.8 Å². The van der Waals surface area contributed by atoms with E-state index >= 15 is 0 Å². The maximum Gasteiger partial charge on any atom is 0.475 e. The van der Waals surface area contributed by atoms with Crippen LogP contribution in [0.15, 0.2) is 42.9 Å². The summed E-state index contributed by atoms with van der Waals surface area (Å²) in [6, 6.07) is 4.05. The van der Waals surface area contributed by atoms with Gasteiger partial charge in [0.05, 0.1) is 24.7 Å². The van der Waals surface area contributed by atoms with Crippen molar-refractivity contribution in [2.75, 3.05) is 19.9 Å². The van der Waals surface area contributed by atoms with Crippen LogP contribution in [0.4, 0.5) is 0 Å². The van der Waals surface area contributed by atoms with Gasteiger partial charge in [-0.1, -0.05) is 63.4 Å². The van der Waals surface area contributed by atoms with Gasteiger partial charge in [0.2, 0.25) is 48.6 Å². The second kappa shape index (κ2) is 28.6. The van der Waals surface area contributed by atoms with E-state index in [1.807, 2.05) is 42.9 Å². The fourth-order valence-corrected chi connectivity index (χ4v) is 8.73. The molecule has 21 nitrogen and oxygen atoms in total. The number of benzene rings is 1. The third-order valence-corrected chi connectivity index (χ3v) is 12.8. The van der Waals surface area contributed by atoms with Crippen molar-refractivity contribution in [3.05, 3.63) is 54.1 Å². The number of nitrogens with zero attached hydrogens (tertiary/aromatic N) is 3. The molecule has 3 rings (SSSR count). The van der Waals surface area contributed by atoms with E-state index in [1.165, 1.54) is 31.2 Å². The number of hydrogen-bond acceptors (Lipinski definition) is 12. The summed E-state index contributed by atoms with van der Waals surface area (Å²) in [7, 11) is -4.98. The van der Waals surface area contributed by atoms with Gasteiger partial charge in [-0.05, 0) is 91.0 Å². The van der Waals surface area contributed by atoms with Gasteiger partial charge in [0.25, 0.3) is 0 Å². The van der Waals surface area contributed by atoms with Crippen molar-refractivity contribution in [3.8, 4) is 0 Å². The molecule has 0 radical (unpaired) electrons. The third-order valence-electron chi connectivity index (χ3n) is 11.8. The number of phosphoric acid groups is 1. The van der Waals surface area contributed by atoms with E-state index in [1.54, 1.807) is 31.5 Å². The number of aryl methyl sites for hydroxylation is 2. The zero-order chi connectivity index (χ0) is 52.2. The van der Waals surface area contributed by atoms with Gasteiger partial charge in [-0.2, -0.15) is 0 Å². The summed E-state index contributed by atoms with van der Waals surface area (Å²) in [4.78, 5) is 104. The fourth-order valence-electron chi connectivity index (χ4n) is 7.94. The molecule has 0 spiro atoms. The van der Waals surface area contributed by atoms with E-state index in [2.05, 4.69) is 33.4 Å². The smallest absolute Gasteiger partial charge is 0.437 e. The maximum absolute atomic E-state index is 14.3. The molecular weight excluding hydrogens is 928 g/mol. The Labute approximate surface area is 411 Å². The molecule has 22 heteroatoms. The molecule has 0 aliphatic carbocycles. The number of amides is 6. The van der Waals surface area contributed by atoms with E-state index in [0.717, 1.165) is 44.9 Å². The number of aliphatic hydroxyl groups is 1. The second-order valence-electron chi connectivity index (χ2n) is 19.4. The van der Waals surface area contributed by atoms with Crippen molar-refractivity contribution in [3.63, 3.8) is 0 Å². The van der Waals surface area contributed by atoms with Crippen molar-refractivity contribution in [2.45, 2.75) is 175 Å². The first-order valence-corrected chi connectivity index (χ1v) is 25.8. The minimum atomic E-state index is -4.98. The Morgan fingerprint density at radius 3 is 2.14 bits per heavy atom. The highest BCUT2D eigenvalue weighted by Gasteiger charge is 2.38. The van der Waals surface area contributed by atoms with Gasteiger partial charge in [-0.25, -0.2) is 18.2 Å². The van der Waals surface area contributed by atoms with Gasteiger partial charge >= 0.3 is 13.8 Å². The second-order valence-corrected chi connectivity index (χ2v) is 20.8. The predicted molar refractivity (Wildman–Crippen MR) is 258 cm³/mol. The lowest BCUT2D eigenvalue weighted by Crippen LogP contribution is -2.60. The standard InChI is InChI=1S/C48H77N8O13P/c1-32(2)27-38(52-46(63)40-22-18-24-56(40)35(5)58)45(62)51-39(28-37-29-54(25-26-57)30-55(37)23-17-12-10-9-11-14-19-36-20-15-13-16-21-36)44(61)50-33(3)43(60)53-41(42(49)59)34(4)69-70(65,66)68-31-67-47(64)48(6,7)8/h13,15-16,20-21,29-30,32-34,38-41,57H,9-12,14,17-19,22-28,31H2,1-8H3,(H6-,49,50,51,52,53,59,60,61,62,63,65,66)/p+1/t33-,34+,38-,39-,40-,41-/m0/s1. The number of imidazole rings is 1. The maximum atomic E-state index is 14.3. The summed E-state index contributed by atoms with van der Waals surface area (Å²) in [6.45, 7) is 12.4. The third kappa shape index (κ3) is 20.3. The van der Waals surface area contributed by atoms with Crippen LogP contribution in [-0.4, -0.2) is 117 Å². The Morgan fingerprint density at radius 2 is 1.53 bits per heavy atom. The molecule has 0 bridgehead atoms. The van der Waals surface area contributed by atoms with Crippen molar-refractivity contribution < 1.29 is 66.5 Å². The molecule has 6 amide bonds. The number of aliphatic hydroxyl groups excluding tert-OH is 1. The molecule has 1 saturated heterocycles. The Hall–Kier alpha value is -5.21. The lowest BCUT2D eigenvalue weighted by molar-refractivity contribution is -0.697. The van der Waals surface area contributed by atoms with Crippen LogP contribution in [0.2, 0.25) is 0 Å². The van der Waals surface area contributed by atoms with Crippen molar-refractivity contribution >= 4 is 49.2 Å². The molecule has 392 valence electrons. The van der Waals surface area contributed by atoms with Crippen LogP contribution in [0.5, 0.6) is 0 Å². The number of nitrogens with one attached hydrogen (secondary N) is 4. The molecule has 1 fully saturated rings. The van der Waals surface area contributed by atoms with E-state index < -0.39 is 91.8 Å². The monoisotopic (exact) mass is 1010 g/mol. The van der Waals surface area contributed by atoms with Gasteiger partial charge in [0, 0.05) is 19.9 Å². The zero-order valence-corrected chi connectivity index (χ0v) is 43.0. The normalized spacial score (nSPS) is 16.8. The molecule has 70 heavy (non-hydrogen) atoms. The molecule has 1 aromatic heterocycles. The van der Waals surface area contributed by atoms with Gasteiger partial charge < -0.3 is 46.6 Å². The van der Waals surface area contributed by atoms with Crippen molar-refractivity contribution in [2.24, 2.45) is 17.1 Å². The molecule has 7 atom stereocenters. The largest absolute Gasteiger partial charge is 0.475 e. The van der Waals surface area contributed by atoms with Crippen LogP contribution in [-0.2, 0) is 77.8 Å². The highest BCUT2D eigenvalue weighted by atomic mass is 31.2. The Balaban J connectivity index is 1.81. The van der Waals surface area contributed by atoms with Crippen LogP contribution >= 0.6 is 7.82 Å². The van der Waals surface area contributed by atoms with Crippen LogP contribution in [0, 0.1) is 11.3 Å². The number of hydrogen-bond donors (Lipinski definition) is 7. The average molecular weight is 1010 g/mol. The molecular formula is C48H78N8O13P+. The highest BCUT2D eigenvalue weighted by molar-refractivity contribution is 7.47. The Morgan fingerprint density at radius 1 is 0.886 bits per heavy atom. The van der Waals surface area contributed by atoms with Crippen LogP contribution in [0.25, 0.3) is 0 Å². The quantitative estimate of drug-likeness (QED) is 0.0195. The first-order valence-electron chi connectivity index (χ1n) is 24.3. The van der Waals surface area contributed by atoms with Crippen LogP contribution in [0.1, 0.15) is 124 Å². The number of carbonyl (C=O) groups excluding carboxylic acids is 7. The first-order chi connectivity index (χ1) is 32.9. The van der Waals surface area contributed by atoms with E-state index in [4.69, 9.17) is 19.5 Å². The molecule has 2 aromatic rings. The van der Waals surface area contributed by atoms with Crippen molar-refractivity contribution in [1.82, 2.24) is 30.7 Å². The van der Waals surface area contributed by atoms with Gasteiger partial charge in [-0.3, -0.25) is 38.1 Å². The highest BCUT2D eigenvalue weighted by Crippen LogP contribution is 2.45. The molecule has 2 heterocycles. The molecule has 1 unspecified atom stereocenters. The zero-order valence-electron chi connectivity index (χ0n) is 42.1. The van der Waals surface area contributed by atoms with Crippen molar-refractivity contribution in [1.29, 1.82) is 0 Å². The summed E-state index contributed by atoms with van der Waals surface area (Å²) in [5.74, 6) is -5.17. The Bertz CT molecular complexity index is 2100. The number of aromatic nitrogens is 2. The summed E-state index contributed by atoms with van der Waals surface area (Å²) in [5, 5.41) is 20.3. The minimum Gasteiger partial charge on any atom is -0.437 e. The number of rotatable bonds is 30. The number of ether oxygens (including phenoxy) is 1. The lowest BCUT2D eigenvalue weighted by Gasteiger charge is -2.28. The number of esters is 1. The molecule has 0 saturated carbocycles. The van der Waals surface area contributed by atoms with Crippen LogP contribution in [0.3, 0.4) is 0 Å². The van der Waals surface area contributed by atoms with E-state index in [0.29, 0.717) is 31.6 Å². The van der Waals surface area contributed by atoms with Gasteiger partial charge in [0.1, 0.15) is 48.6 Å². The minimum absolute atomic E-state index is 0.0834. The summed E-state index contributed by atoms with van der Waals surface area (Å²) >= 11 is 0. The van der Waals surface area contributed by atoms with Crippen LogP contribution < -0.4 is 31.6 Å². The average Bonchev–Trinajstić information content (AvgIpc) is 3.93. The first kappa shape index (κ1) is 59.1. The number of unbranched alkanes of at least 4 members (excludes halogenated alkanes) is 5. The fraction of sp³-hybridized carbons (Fsp3) is 0.667. The SMILES string of the molecule is CC(=O)N1CCC[C@H]1C(=O)N[C@@H](CC(C)C)C(=O)N[C@@H](Cc1c[n+](CCO)cn1CCCCCCCCc1ccccc1)C(=O)N[C@@H](C)C(=O)N[C@H](C(N)=O)[C@@H](C)OP(=O)(O)OCOC(=O)C(C)(C)C. The van der Waals surface area contributed by atoms with E-state index in [9.17, 15) is 48.1 Å². The molecule has 1 aromatic carbocycles. The summed E-state index contributed by atoms with van der Waals surface area (Å²) < 4.78 is 31.0. The number of phosphoric ester groups is 1. The summed E-state index contributed by atoms with van der Waals surface area (Å²) in [6.07, 6.45) is 10.3. The molecule has 1 aliphatic rings. The topological polar surface area (TPSA) is 291 Å². The number of nitrogens with two attached hydrogens (primary N) is 1. The number of primary amides is 1. The number of carbonyl (C=O) groups is 7. The van der Waals surface area contributed by atoms with Gasteiger partial charge in [0.15, 0.2) is 0 Å². The lowest BCUT2D eigenvalue weighted by atomic mass is 9.98. The summed E-state index contributed by atoms with van der Waals surface area (Å²) in [5.41, 5.74) is 6.57. The predicted octanol–water partition coefficient (Wildman–Crippen LogP) is 2.46.